The standard InChI is InChI=1S/C19H38N2/c1-3-10-18-13-8-9-15-21(18)16-19(20-14-4-2)17-11-6-5-7-12-17/h17-20H,3-16H2,1-2H3. The Morgan fingerprint density at radius 2 is 1.71 bits per heavy atom. The van der Waals surface area contributed by atoms with Crippen molar-refractivity contribution in [2.24, 2.45) is 5.92 Å². The van der Waals surface area contributed by atoms with Crippen molar-refractivity contribution < 1.29 is 0 Å². The van der Waals surface area contributed by atoms with Crippen molar-refractivity contribution in [3.8, 4) is 0 Å². The summed E-state index contributed by atoms with van der Waals surface area (Å²) in [6, 6.07) is 1.63. The molecule has 1 heterocycles. The van der Waals surface area contributed by atoms with Gasteiger partial charge in [-0.2, -0.15) is 0 Å². The summed E-state index contributed by atoms with van der Waals surface area (Å²) in [6.07, 6.45) is 15.7. The Bertz CT molecular complexity index is 258. The molecule has 2 fully saturated rings. The molecule has 0 aromatic rings. The second-order valence-electron chi connectivity index (χ2n) is 7.39. The number of rotatable bonds is 8. The summed E-state index contributed by atoms with van der Waals surface area (Å²) in [7, 11) is 0. The van der Waals surface area contributed by atoms with Gasteiger partial charge in [0.25, 0.3) is 0 Å². The Hall–Kier alpha value is -0.0800. The van der Waals surface area contributed by atoms with Crippen LogP contribution in [0.4, 0.5) is 0 Å². The minimum atomic E-state index is 0.753. The highest BCUT2D eigenvalue weighted by Gasteiger charge is 2.28. The van der Waals surface area contributed by atoms with Crippen molar-refractivity contribution >= 4 is 0 Å². The zero-order valence-electron chi connectivity index (χ0n) is 14.6. The lowest BCUT2D eigenvalue weighted by Crippen LogP contribution is -2.50. The molecule has 0 aromatic heterocycles. The molecule has 1 aliphatic heterocycles. The van der Waals surface area contributed by atoms with E-state index < -0.39 is 0 Å². The predicted octanol–water partition coefficient (Wildman–Crippen LogP) is 4.59. The summed E-state index contributed by atoms with van der Waals surface area (Å²) in [6.45, 7) is 8.51. The first-order valence-corrected chi connectivity index (χ1v) is 9.82. The van der Waals surface area contributed by atoms with Gasteiger partial charge in [-0.1, -0.05) is 46.0 Å². The van der Waals surface area contributed by atoms with E-state index >= 15 is 0 Å². The highest BCUT2D eigenvalue weighted by Crippen LogP contribution is 2.29. The van der Waals surface area contributed by atoms with E-state index in [1.54, 1.807) is 0 Å². The molecule has 2 unspecified atom stereocenters. The fourth-order valence-electron chi connectivity index (χ4n) is 4.46. The largest absolute Gasteiger partial charge is 0.312 e. The van der Waals surface area contributed by atoms with Crippen molar-refractivity contribution in [1.29, 1.82) is 0 Å². The summed E-state index contributed by atoms with van der Waals surface area (Å²) in [5, 5.41) is 3.91. The molecule has 1 saturated heterocycles. The summed E-state index contributed by atoms with van der Waals surface area (Å²) in [4.78, 5) is 2.84. The number of likely N-dealkylation sites (tertiary alicyclic amines) is 1. The van der Waals surface area contributed by atoms with Crippen molar-refractivity contribution in [2.75, 3.05) is 19.6 Å². The monoisotopic (exact) mass is 294 g/mol. The fraction of sp³-hybridized carbons (Fsp3) is 1.00. The van der Waals surface area contributed by atoms with Crippen LogP contribution in [0.5, 0.6) is 0 Å². The van der Waals surface area contributed by atoms with E-state index in [-0.39, 0.29) is 0 Å². The van der Waals surface area contributed by atoms with Crippen molar-refractivity contribution in [1.82, 2.24) is 10.2 Å². The average Bonchev–Trinajstić information content (AvgIpc) is 2.54. The van der Waals surface area contributed by atoms with E-state index in [0.717, 1.165) is 18.0 Å². The smallest absolute Gasteiger partial charge is 0.0223 e. The Morgan fingerprint density at radius 3 is 2.43 bits per heavy atom. The molecular formula is C19H38N2. The second kappa shape index (κ2) is 9.84. The minimum absolute atomic E-state index is 0.753. The van der Waals surface area contributed by atoms with Crippen LogP contribution in [0.15, 0.2) is 0 Å². The number of piperidine rings is 1. The first kappa shape index (κ1) is 17.3. The van der Waals surface area contributed by atoms with Gasteiger partial charge in [-0.15, -0.1) is 0 Å². The van der Waals surface area contributed by atoms with E-state index in [1.165, 1.54) is 90.3 Å². The highest BCUT2D eigenvalue weighted by atomic mass is 15.2. The summed E-state index contributed by atoms with van der Waals surface area (Å²) in [5.74, 6) is 0.939. The highest BCUT2D eigenvalue weighted by molar-refractivity contribution is 4.86. The SMILES string of the molecule is CCCNC(CN1CCCCC1CCC)C1CCCCC1. The topological polar surface area (TPSA) is 15.3 Å². The van der Waals surface area contributed by atoms with E-state index in [0.29, 0.717) is 0 Å². The molecule has 1 saturated carbocycles. The zero-order chi connectivity index (χ0) is 14.9. The third-order valence-electron chi connectivity index (χ3n) is 5.68. The molecule has 0 spiro atoms. The number of hydrogen-bond acceptors (Lipinski definition) is 2. The van der Waals surface area contributed by atoms with Gasteiger partial charge in [-0.3, -0.25) is 4.90 Å². The molecule has 1 N–H and O–H groups in total. The van der Waals surface area contributed by atoms with Crippen LogP contribution in [0.1, 0.15) is 84.5 Å². The third-order valence-corrected chi connectivity index (χ3v) is 5.68. The Balaban J connectivity index is 1.91. The third kappa shape index (κ3) is 5.56. The van der Waals surface area contributed by atoms with E-state index in [1.807, 2.05) is 0 Å². The summed E-state index contributed by atoms with van der Waals surface area (Å²) >= 11 is 0. The van der Waals surface area contributed by atoms with Crippen LogP contribution >= 0.6 is 0 Å². The van der Waals surface area contributed by atoms with Crippen LogP contribution < -0.4 is 5.32 Å². The van der Waals surface area contributed by atoms with Gasteiger partial charge >= 0.3 is 0 Å². The Morgan fingerprint density at radius 1 is 0.952 bits per heavy atom. The molecule has 2 heteroatoms. The number of hydrogen-bond donors (Lipinski definition) is 1. The van der Waals surface area contributed by atoms with Gasteiger partial charge in [-0.05, 0) is 57.5 Å². The number of nitrogens with one attached hydrogen (secondary N) is 1. The van der Waals surface area contributed by atoms with Crippen LogP contribution in [-0.4, -0.2) is 36.6 Å². The maximum Gasteiger partial charge on any atom is 0.0223 e. The van der Waals surface area contributed by atoms with Gasteiger partial charge in [0.15, 0.2) is 0 Å². The van der Waals surface area contributed by atoms with Crippen LogP contribution in [0, 0.1) is 5.92 Å². The lowest BCUT2D eigenvalue weighted by molar-refractivity contribution is 0.105. The van der Waals surface area contributed by atoms with E-state index in [9.17, 15) is 0 Å². The van der Waals surface area contributed by atoms with Gasteiger partial charge in [0.05, 0.1) is 0 Å². The predicted molar refractivity (Wildman–Crippen MR) is 92.8 cm³/mol. The van der Waals surface area contributed by atoms with Gasteiger partial charge in [-0.25, -0.2) is 0 Å². The molecule has 0 amide bonds. The van der Waals surface area contributed by atoms with Crippen LogP contribution in [0.3, 0.4) is 0 Å². The average molecular weight is 295 g/mol. The molecule has 2 aliphatic rings. The maximum absolute atomic E-state index is 3.91. The van der Waals surface area contributed by atoms with Gasteiger partial charge in [0, 0.05) is 18.6 Å². The van der Waals surface area contributed by atoms with Gasteiger partial charge in [0.2, 0.25) is 0 Å². The van der Waals surface area contributed by atoms with Crippen molar-refractivity contribution in [3.63, 3.8) is 0 Å². The normalized spacial score (nSPS) is 26.9. The lowest BCUT2D eigenvalue weighted by Gasteiger charge is -2.41. The molecule has 2 rings (SSSR count). The minimum Gasteiger partial charge on any atom is -0.312 e. The van der Waals surface area contributed by atoms with Gasteiger partial charge in [0.1, 0.15) is 0 Å². The molecule has 21 heavy (non-hydrogen) atoms. The second-order valence-corrected chi connectivity index (χ2v) is 7.39. The summed E-state index contributed by atoms with van der Waals surface area (Å²) in [5.41, 5.74) is 0. The van der Waals surface area contributed by atoms with Crippen LogP contribution in [0.2, 0.25) is 0 Å². The lowest BCUT2D eigenvalue weighted by atomic mass is 9.83. The Labute approximate surface area is 133 Å². The van der Waals surface area contributed by atoms with Crippen LogP contribution in [0.25, 0.3) is 0 Å². The quantitative estimate of drug-likeness (QED) is 0.704. The van der Waals surface area contributed by atoms with E-state index in [4.69, 9.17) is 0 Å². The molecule has 2 nitrogen and oxygen atoms in total. The van der Waals surface area contributed by atoms with E-state index in [2.05, 4.69) is 24.1 Å². The molecule has 1 aliphatic carbocycles. The first-order valence-electron chi connectivity index (χ1n) is 9.82. The molecule has 124 valence electrons. The van der Waals surface area contributed by atoms with Crippen molar-refractivity contribution in [3.05, 3.63) is 0 Å². The fourth-order valence-corrected chi connectivity index (χ4v) is 4.46. The number of nitrogens with zero attached hydrogens (tertiary/aromatic N) is 1. The molecule has 2 atom stereocenters. The van der Waals surface area contributed by atoms with Crippen molar-refractivity contribution in [2.45, 2.75) is 96.6 Å². The zero-order valence-corrected chi connectivity index (χ0v) is 14.6. The maximum atomic E-state index is 3.91. The Kier molecular flexibility index (Phi) is 8.10. The molecule has 0 bridgehead atoms. The summed E-state index contributed by atoms with van der Waals surface area (Å²) < 4.78 is 0. The molecular weight excluding hydrogens is 256 g/mol. The van der Waals surface area contributed by atoms with Crippen LogP contribution in [-0.2, 0) is 0 Å². The first-order chi connectivity index (χ1) is 10.3. The molecule has 0 aromatic carbocycles. The molecule has 0 radical (unpaired) electrons. The van der Waals surface area contributed by atoms with Gasteiger partial charge < -0.3 is 5.32 Å².